The second-order valence-electron chi connectivity index (χ2n) is 6.04. The number of nitrogens with zero attached hydrogens (tertiary/aromatic N) is 1. The standard InChI is InChI=1S/C18H28N2O2/c1-3-22-17-13-9-8-12-16(17)19-18(21)14-20(2)15-10-6-4-5-7-11-15/h8-9,12-13,15H,3-7,10-11,14H2,1-2H3,(H,19,21). The van der Waals surface area contributed by atoms with Crippen LogP contribution in [-0.2, 0) is 4.79 Å². The normalized spacial score (nSPS) is 16.3. The fourth-order valence-electron chi connectivity index (χ4n) is 3.10. The summed E-state index contributed by atoms with van der Waals surface area (Å²) in [7, 11) is 2.06. The maximum Gasteiger partial charge on any atom is 0.238 e. The first-order valence-electron chi connectivity index (χ1n) is 8.42. The molecule has 22 heavy (non-hydrogen) atoms. The maximum atomic E-state index is 12.3. The second kappa shape index (κ2) is 8.79. The van der Waals surface area contributed by atoms with Gasteiger partial charge >= 0.3 is 0 Å². The average molecular weight is 304 g/mol. The lowest BCUT2D eigenvalue weighted by atomic mass is 10.1. The van der Waals surface area contributed by atoms with Crippen LogP contribution in [0.1, 0.15) is 45.4 Å². The van der Waals surface area contributed by atoms with Crippen LogP contribution in [0.4, 0.5) is 5.69 Å². The lowest BCUT2D eigenvalue weighted by Crippen LogP contribution is -2.37. The lowest BCUT2D eigenvalue weighted by molar-refractivity contribution is -0.117. The van der Waals surface area contributed by atoms with Gasteiger partial charge in [-0.25, -0.2) is 0 Å². The Morgan fingerprint density at radius 1 is 1.23 bits per heavy atom. The predicted octanol–water partition coefficient (Wildman–Crippen LogP) is 3.68. The lowest BCUT2D eigenvalue weighted by Gasteiger charge is -2.26. The fourth-order valence-corrected chi connectivity index (χ4v) is 3.10. The highest BCUT2D eigenvalue weighted by molar-refractivity contribution is 5.93. The van der Waals surface area contributed by atoms with Crippen LogP contribution < -0.4 is 10.1 Å². The van der Waals surface area contributed by atoms with E-state index in [0.717, 1.165) is 11.4 Å². The Morgan fingerprint density at radius 3 is 2.59 bits per heavy atom. The molecule has 0 spiro atoms. The van der Waals surface area contributed by atoms with Crippen LogP contribution in [0, 0.1) is 0 Å². The van der Waals surface area contributed by atoms with Gasteiger partial charge in [0.15, 0.2) is 0 Å². The molecule has 0 aliphatic heterocycles. The molecule has 0 bridgehead atoms. The highest BCUT2D eigenvalue weighted by atomic mass is 16.5. The SMILES string of the molecule is CCOc1ccccc1NC(=O)CN(C)C1CCCCCC1. The molecular formula is C18H28N2O2. The molecule has 1 N–H and O–H groups in total. The van der Waals surface area contributed by atoms with Crippen LogP contribution in [0.5, 0.6) is 5.75 Å². The van der Waals surface area contributed by atoms with Gasteiger partial charge < -0.3 is 10.1 Å². The Morgan fingerprint density at radius 2 is 1.91 bits per heavy atom. The van der Waals surface area contributed by atoms with Gasteiger partial charge in [0.1, 0.15) is 5.75 Å². The van der Waals surface area contributed by atoms with Crippen LogP contribution in [0.25, 0.3) is 0 Å². The Labute approximate surface area is 133 Å². The topological polar surface area (TPSA) is 41.6 Å². The van der Waals surface area contributed by atoms with Crippen molar-refractivity contribution in [2.24, 2.45) is 0 Å². The molecule has 1 aliphatic rings. The minimum Gasteiger partial charge on any atom is -0.492 e. The van der Waals surface area contributed by atoms with Crippen molar-refractivity contribution in [3.05, 3.63) is 24.3 Å². The fraction of sp³-hybridized carbons (Fsp3) is 0.611. The van der Waals surface area contributed by atoms with Gasteiger partial charge in [-0.15, -0.1) is 0 Å². The van der Waals surface area contributed by atoms with Gasteiger partial charge in [0.25, 0.3) is 0 Å². The third-order valence-corrected chi connectivity index (χ3v) is 4.30. The summed E-state index contributed by atoms with van der Waals surface area (Å²) in [4.78, 5) is 14.5. The highest BCUT2D eigenvalue weighted by Crippen LogP contribution is 2.24. The molecule has 0 radical (unpaired) electrons. The number of likely N-dealkylation sites (N-methyl/N-ethyl adjacent to an activating group) is 1. The largest absolute Gasteiger partial charge is 0.492 e. The minimum absolute atomic E-state index is 0.0268. The number of hydrogen-bond acceptors (Lipinski definition) is 3. The van der Waals surface area contributed by atoms with E-state index in [4.69, 9.17) is 4.74 Å². The molecule has 0 atom stereocenters. The van der Waals surface area contributed by atoms with Gasteiger partial charge in [-0.05, 0) is 38.9 Å². The molecular weight excluding hydrogens is 276 g/mol. The summed E-state index contributed by atoms with van der Waals surface area (Å²) in [6.07, 6.45) is 7.64. The summed E-state index contributed by atoms with van der Waals surface area (Å²) in [6.45, 7) is 2.97. The molecule has 122 valence electrons. The number of carbonyl (C=O) groups is 1. The van der Waals surface area contributed by atoms with Crippen LogP contribution >= 0.6 is 0 Å². The summed E-state index contributed by atoms with van der Waals surface area (Å²) in [5.74, 6) is 0.759. The van der Waals surface area contributed by atoms with Gasteiger partial charge in [0.05, 0.1) is 18.8 Å². The Bertz CT molecular complexity index is 468. The third kappa shape index (κ3) is 5.02. The van der Waals surface area contributed by atoms with Crippen molar-refractivity contribution in [1.82, 2.24) is 4.90 Å². The molecule has 0 unspecified atom stereocenters. The summed E-state index contributed by atoms with van der Waals surface area (Å²) in [5.41, 5.74) is 0.753. The zero-order valence-corrected chi connectivity index (χ0v) is 13.8. The van der Waals surface area contributed by atoms with Crippen molar-refractivity contribution < 1.29 is 9.53 Å². The molecule has 1 aliphatic carbocycles. The first kappa shape index (κ1) is 16.8. The number of carbonyl (C=O) groups excluding carboxylic acids is 1. The smallest absolute Gasteiger partial charge is 0.238 e. The molecule has 4 nitrogen and oxygen atoms in total. The van der Waals surface area contributed by atoms with E-state index in [2.05, 4.69) is 17.3 Å². The number of hydrogen-bond donors (Lipinski definition) is 1. The van der Waals surface area contributed by atoms with E-state index >= 15 is 0 Å². The van der Waals surface area contributed by atoms with Crippen molar-refractivity contribution in [3.8, 4) is 5.75 Å². The van der Waals surface area contributed by atoms with E-state index in [9.17, 15) is 4.79 Å². The number of para-hydroxylation sites is 2. The maximum absolute atomic E-state index is 12.3. The van der Waals surface area contributed by atoms with Crippen LogP contribution in [0.15, 0.2) is 24.3 Å². The molecule has 1 amide bonds. The number of amides is 1. The van der Waals surface area contributed by atoms with Gasteiger partial charge in [-0.3, -0.25) is 9.69 Å². The minimum atomic E-state index is 0.0268. The molecule has 1 aromatic carbocycles. The van der Waals surface area contributed by atoms with E-state index in [1.807, 2.05) is 31.2 Å². The first-order valence-corrected chi connectivity index (χ1v) is 8.42. The number of ether oxygens (including phenoxy) is 1. The summed E-state index contributed by atoms with van der Waals surface area (Å²) in [6, 6.07) is 8.13. The zero-order chi connectivity index (χ0) is 15.8. The van der Waals surface area contributed by atoms with Gasteiger partial charge in [0.2, 0.25) is 5.91 Å². The number of benzene rings is 1. The monoisotopic (exact) mass is 304 g/mol. The van der Waals surface area contributed by atoms with Crippen molar-refractivity contribution >= 4 is 11.6 Å². The van der Waals surface area contributed by atoms with E-state index in [-0.39, 0.29) is 5.91 Å². The summed E-state index contributed by atoms with van der Waals surface area (Å²) < 4.78 is 5.55. The van der Waals surface area contributed by atoms with Crippen LogP contribution in [0.2, 0.25) is 0 Å². The zero-order valence-electron chi connectivity index (χ0n) is 13.8. The van der Waals surface area contributed by atoms with E-state index in [0.29, 0.717) is 19.2 Å². The number of anilines is 1. The van der Waals surface area contributed by atoms with Crippen LogP contribution in [0.3, 0.4) is 0 Å². The number of nitrogens with one attached hydrogen (secondary N) is 1. The van der Waals surface area contributed by atoms with Crippen molar-refractivity contribution in [1.29, 1.82) is 0 Å². The Hall–Kier alpha value is -1.55. The summed E-state index contributed by atoms with van der Waals surface area (Å²) in [5, 5.41) is 2.98. The third-order valence-electron chi connectivity index (χ3n) is 4.30. The molecule has 2 rings (SSSR count). The average Bonchev–Trinajstić information content (AvgIpc) is 2.78. The molecule has 0 aromatic heterocycles. The van der Waals surface area contributed by atoms with Crippen molar-refractivity contribution in [2.45, 2.75) is 51.5 Å². The quantitative estimate of drug-likeness (QED) is 0.815. The van der Waals surface area contributed by atoms with E-state index in [1.165, 1.54) is 38.5 Å². The Balaban J connectivity index is 1.89. The Kier molecular flexibility index (Phi) is 6.72. The number of rotatable bonds is 6. The van der Waals surface area contributed by atoms with Gasteiger partial charge in [-0.1, -0.05) is 37.8 Å². The first-order chi connectivity index (χ1) is 10.7. The van der Waals surface area contributed by atoms with Gasteiger partial charge in [0, 0.05) is 6.04 Å². The van der Waals surface area contributed by atoms with Crippen molar-refractivity contribution in [2.75, 3.05) is 25.5 Å². The molecule has 0 saturated heterocycles. The molecule has 1 fully saturated rings. The van der Waals surface area contributed by atoms with E-state index in [1.54, 1.807) is 0 Å². The second-order valence-corrected chi connectivity index (χ2v) is 6.04. The molecule has 0 heterocycles. The summed E-state index contributed by atoms with van der Waals surface area (Å²) >= 11 is 0. The highest BCUT2D eigenvalue weighted by Gasteiger charge is 2.19. The molecule has 1 saturated carbocycles. The molecule has 4 heteroatoms. The van der Waals surface area contributed by atoms with Gasteiger partial charge in [-0.2, -0.15) is 0 Å². The molecule has 1 aromatic rings. The van der Waals surface area contributed by atoms with Crippen LogP contribution in [-0.4, -0.2) is 37.0 Å². The van der Waals surface area contributed by atoms with E-state index < -0.39 is 0 Å². The van der Waals surface area contributed by atoms with Crippen molar-refractivity contribution in [3.63, 3.8) is 0 Å². The predicted molar refractivity (Wildman–Crippen MR) is 90.4 cm³/mol.